The highest BCUT2D eigenvalue weighted by molar-refractivity contribution is 7.90. The Bertz CT molecular complexity index is 916. The van der Waals surface area contributed by atoms with E-state index in [9.17, 15) is 36.0 Å². The minimum Gasteiger partial charge on any atom is -0.465 e. The zero-order valence-electron chi connectivity index (χ0n) is 15.9. The van der Waals surface area contributed by atoms with Crippen LogP contribution in [0.4, 0.5) is 13.2 Å². The number of hydrogen-bond donors (Lipinski definition) is 0. The fraction of sp³-hybridized carbons (Fsp3) is 0.526. The highest BCUT2D eigenvalue weighted by Gasteiger charge is 2.46. The first-order chi connectivity index (χ1) is 13.4. The molecule has 160 valence electrons. The summed E-state index contributed by atoms with van der Waals surface area (Å²) in [6.45, 7) is 1.76. The van der Waals surface area contributed by atoms with Crippen LogP contribution in [0, 0.1) is 11.8 Å². The molecule has 1 aromatic carbocycles. The van der Waals surface area contributed by atoms with Gasteiger partial charge in [0.15, 0.2) is 27.3 Å². The number of hydrogen-bond acceptors (Lipinski definition) is 6. The van der Waals surface area contributed by atoms with Gasteiger partial charge in [-0.05, 0) is 37.5 Å². The zero-order chi connectivity index (χ0) is 22.0. The third-order valence-electron chi connectivity index (χ3n) is 4.49. The van der Waals surface area contributed by atoms with Crippen LogP contribution in [0.1, 0.15) is 48.5 Å². The molecule has 0 saturated heterocycles. The van der Waals surface area contributed by atoms with E-state index < -0.39 is 61.4 Å². The van der Waals surface area contributed by atoms with Gasteiger partial charge in [0.1, 0.15) is 0 Å². The summed E-state index contributed by atoms with van der Waals surface area (Å²) in [7, 11) is -3.97. The number of ketones is 2. The van der Waals surface area contributed by atoms with Gasteiger partial charge in [-0.2, -0.15) is 13.2 Å². The van der Waals surface area contributed by atoms with Gasteiger partial charge in [-0.25, -0.2) is 8.42 Å². The second-order valence-corrected chi connectivity index (χ2v) is 8.99. The highest BCUT2D eigenvalue weighted by Crippen LogP contribution is 2.37. The van der Waals surface area contributed by atoms with Crippen molar-refractivity contribution in [2.45, 2.75) is 43.7 Å². The Labute approximate surface area is 166 Å². The van der Waals surface area contributed by atoms with Crippen molar-refractivity contribution in [1.82, 2.24) is 0 Å². The van der Waals surface area contributed by atoms with Gasteiger partial charge in [0.05, 0.1) is 17.1 Å². The maximum Gasteiger partial charge on any atom is 0.417 e. The predicted molar refractivity (Wildman–Crippen MR) is 96.0 cm³/mol. The van der Waals surface area contributed by atoms with E-state index in [2.05, 4.69) is 0 Å². The van der Waals surface area contributed by atoms with E-state index in [1.165, 1.54) is 0 Å². The molecule has 0 spiro atoms. The van der Waals surface area contributed by atoms with Crippen LogP contribution in [-0.4, -0.2) is 38.8 Å². The van der Waals surface area contributed by atoms with Crippen molar-refractivity contribution >= 4 is 27.4 Å². The first kappa shape index (κ1) is 23.1. The van der Waals surface area contributed by atoms with E-state index >= 15 is 0 Å². The van der Waals surface area contributed by atoms with Crippen molar-refractivity contribution in [3.05, 3.63) is 29.3 Å². The van der Waals surface area contributed by atoms with Gasteiger partial charge in [-0.3, -0.25) is 14.4 Å². The van der Waals surface area contributed by atoms with Crippen LogP contribution >= 0.6 is 0 Å². The summed E-state index contributed by atoms with van der Waals surface area (Å²) in [6.07, 6.45) is -2.29. The number of alkyl halides is 3. The monoisotopic (exact) mass is 434 g/mol. The Balaban J connectivity index is 2.49. The van der Waals surface area contributed by atoms with Crippen LogP contribution in [0.15, 0.2) is 23.1 Å². The number of sulfone groups is 1. The summed E-state index contributed by atoms with van der Waals surface area (Å²) in [4.78, 5) is 37.1. The first-order valence-corrected chi connectivity index (χ1v) is 10.9. The van der Waals surface area contributed by atoms with Gasteiger partial charge in [0.25, 0.3) is 0 Å². The lowest BCUT2D eigenvalue weighted by Crippen LogP contribution is -2.35. The molecule has 1 unspecified atom stereocenters. The van der Waals surface area contributed by atoms with Crippen LogP contribution in [-0.2, 0) is 30.3 Å². The van der Waals surface area contributed by atoms with Gasteiger partial charge in [-0.1, -0.05) is 13.3 Å². The third-order valence-corrected chi connectivity index (χ3v) is 5.60. The molecule has 10 heteroatoms. The summed E-state index contributed by atoms with van der Waals surface area (Å²) in [5.74, 6) is -5.84. The average Bonchev–Trinajstić information content (AvgIpc) is 3.45. The maximum atomic E-state index is 13.5. The molecule has 0 amide bonds. The molecule has 0 aromatic heterocycles. The molecular formula is C19H21F3O6S. The Morgan fingerprint density at radius 2 is 1.83 bits per heavy atom. The lowest BCUT2D eigenvalue weighted by atomic mass is 9.89. The van der Waals surface area contributed by atoms with E-state index in [0.717, 1.165) is 12.3 Å². The van der Waals surface area contributed by atoms with Crippen molar-refractivity contribution < 1.29 is 40.7 Å². The SMILES string of the molecule is CCCCOC(=O)C(C(=O)c1ccc(S(C)(=O)=O)cc1C(F)(F)F)C(=O)C1CC1. The van der Waals surface area contributed by atoms with E-state index in [0.29, 0.717) is 37.8 Å². The van der Waals surface area contributed by atoms with Gasteiger partial charge in [-0.15, -0.1) is 0 Å². The number of esters is 1. The lowest BCUT2D eigenvalue weighted by Gasteiger charge is -2.18. The molecule has 2 rings (SSSR count). The number of rotatable bonds is 9. The second-order valence-electron chi connectivity index (χ2n) is 6.97. The van der Waals surface area contributed by atoms with Crippen molar-refractivity contribution in [3.63, 3.8) is 0 Å². The maximum absolute atomic E-state index is 13.5. The number of Topliss-reactive ketones (excluding diaryl/α,β-unsaturated/α-hetero) is 2. The Morgan fingerprint density at radius 1 is 1.21 bits per heavy atom. The Hall–Kier alpha value is -2.23. The number of ether oxygens (including phenoxy) is 1. The summed E-state index contributed by atoms with van der Waals surface area (Å²) in [5.41, 5.74) is -2.45. The number of benzene rings is 1. The molecule has 1 saturated carbocycles. The van der Waals surface area contributed by atoms with Crippen molar-refractivity contribution in [2.75, 3.05) is 12.9 Å². The van der Waals surface area contributed by atoms with E-state index in [1.807, 2.05) is 6.92 Å². The molecule has 1 atom stereocenters. The van der Waals surface area contributed by atoms with Gasteiger partial charge in [0, 0.05) is 17.7 Å². The first-order valence-electron chi connectivity index (χ1n) is 9.03. The molecule has 0 aliphatic heterocycles. The minimum absolute atomic E-state index is 0.0593. The highest BCUT2D eigenvalue weighted by atomic mass is 32.2. The standard InChI is InChI=1S/C19H21F3O6S/c1-3-4-9-28-18(25)15(16(23)11-5-6-11)17(24)13-8-7-12(29(2,26)27)10-14(13)19(20,21)22/h7-8,10-11,15H,3-6,9H2,1-2H3. The summed E-state index contributed by atoms with van der Waals surface area (Å²) in [6, 6.07) is 1.87. The van der Waals surface area contributed by atoms with Crippen molar-refractivity contribution in [2.24, 2.45) is 11.8 Å². The molecule has 1 aliphatic rings. The van der Waals surface area contributed by atoms with Crippen LogP contribution < -0.4 is 0 Å². The van der Waals surface area contributed by atoms with Crippen molar-refractivity contribution in [1.29, 1.82) is 0 Å². The molecule has 1 fully saturated rings. The molecule has 0 radical (unpaired) electrons. The average molecular weight is 434 g/mol. The normalized spacial score (nSPS) is 15.6. The molecule has 29 heavy (non-hydrogen) atoms. The zero-order valence-corrected chi connectivity index (χ0v) is 16.7. The van der Waals surface area contributed by atoms with Crippen LogP contribution in [0.2, 0.25) is 0 Å². The van der Waals surface area contributed by atoms with E-state index in [-0.39, 0.29) is 6.61 Å². The topological polar surface area (TPSA) is 94.6 Å². The summed E-state index contributed by atoms with van der Waals surface area (Å²) in [5, 5.41) is 0. The largest absolute Gasteiger partial charge is 0.465 e. The van der Waals surface area contributed by atoms with Crippen molar-refractivity contribution in [3.8, 4) is 0 Å². The summed E-state index contributed by atoms with van der Waals surface area (Å²) < 4.78 is 68.7. The van der Waals surface area contributed by atoms with E-state index in [4.69, 9.17) is 4.74 Å². The van der Waals surface area contributed by atoms with Crippen LogP contribution in [0.5, 0.6) is 0 Å². The van der Waals surface area contributed by atoms with Gasteiger partial charge >= 0.3 is 12.1 Å². The second kappa shape index (κ2) is 8.64. The van der Waals surface area contributed by atoms with Crippen LogP contribution in [0.25, 0.3) is 0 Å². The summed E-state index contributed by atoms with van der Waals surface area (Å²) >= 11 is 0. The predicted octanol–water partition coefficient (Wildman–Crippen LogP) is 3.23. The minimum atomic E-state index is -5.06. The molecule has 1 aliphatic carbocycles. The number of carbonyl (C=O) groups is 3. The molecule has 0 N–H and O–H groups in total. The number of unbranched alkanes of at least 4 members (excludes halogenated alkanes) is 1. The van der Waals surface area contributed by atoms with E-state index in [1.54, 1.807) is 0 Å². The molecular weight excluding hydrogens is 413 g/mol. The molecule has 6 nitrogen and oxygen atoms in total. The molecule has 0 heterocycles. The number of carbonyl (C=O) groups excluding carboxylic acids is 3. The fourth-order valence-electron chi connectivity index (χ4n) is 2.72. The Kier molecular flexibility index (Phi) is 6.87. The lowest BCUT2D eigenvalue weighted by molar-refractivity contribution is -0.150. The quantitative estimate of drug-likeness (QED) is 0.256. The fourth-order valence-corrected chi connectivity index (χ4v) is 3.36. The van der Waals surface area contributed by atoms with Crippen LogP contribution in [0.3, 0.4) is 0 Å². The van der Waals surface area contributed by atoms with Gasteiger partial charge in [0.2, 0.25) is 0 Å². The molecule has 0 bridgehead atoms. The number of halogens is 3. The Morgan fingerprint density at radius 3 is 2.31 bits per heavy atom. The third kappa shape index (κ3) is 5.65. The smallest absolute Gasteiger partial charge is 0.417 e. The van der Waals surface area contributed by atoms with Gasteiger partial charge < -0.3 is 4.74 Å². The molecule has 1 aromatic rings.